The highest BCUT2D eigenvalue weighted by Gasteiger charge is 2.29. The zero-order chi connectivity index (χ0) is 13.4. The second-order valence-corrected chi connectivity index (χ2v) is 5.62. The van der Waals surface area contributed by atoms with Crippen LogP contribution in [0.3, 0.4) is 0 Å². The van der Waals surface area contributed by atoms with Crippen LogP contribution in [0.15, 0.2) is 0 Å². The van der Waals surface area contributed by atoms with Crippen molar-refractivity contribution in [2.24, 2.45) is 5.92 Å². The topological polar surface area (TPSA) is 24.5 Å². The molecule has 0 spiro atoms. The quantitative estimate of drug-likeness (QED) is 0.722. The Kier molecular flexibility index (Phi) is 7.87. The fourth-order valence-corrected chi connectivity index (χ4v) is 3.41. The first kappa shape index (κ1) is 15.9. The molecule has 1 heterocycles. The molecule has 3 nitrogen and oxygen atoms in total. The number of piperidine rings is 1. The molecule has 1 N–H and O–H groups in total. The third-order valence-electron chi connectivity index (χ3n) is 4.28. The molecule has 1 aliphatic heterocycles. The molecule has 0 radical (unpaired) electrons. The van der Waals surface area contributed by atoms with E-state index in [1.54, 1.807) is 0 Å². The monoisotopic (exact) mass is 256 g/mol. The molecule has 1 aliphatic rings. The van der Waals surface area contributed by atoms with Gasteiger partial charge in [-0.05, 0) is 45.2 Å². The lowest BCUT2D eigenvalue weighted by Gasteiger charge is -2.41. The molecule has 0 saturated carbocycles. The van der Waals surface area contributed by atoms with Crippen molar-refractivity contribution >= 4 is 0 Å². The molecule has 18 heavy (non-hydrogen) atoms. The molecule has 0 amide bonds. The first-order valence-electron chi connectivity index (χ1n) is 7.67. The van der Waals surface area contributed by atoms with Gasteiger partial charge in [-0.3, -0.25) is 4.90 Å². The highest BCUT2D eigenvalue weighted by molar-refractivity contribution is 4.86. The van der Waals surface area contributed by atoms with Crippen molar-refractivity contribution in [1.82, 2.24) is 10.2 Å². The minimum absolute atomic E-state index is 0.640. The molecule has 1 saturated heterocycles. The predicted octanol–water partition coefficient (Wildman–Crippen LogP) is 2.51. The largest absolute Gasteiger partial charge is 0.384 e. The standard InChI is InChI=1S/C15H32N2O/c1-5-8-14(16-3)15(6-2)17-10-7-9-13(11-17)12-18-4/h13-16H,5-12H2,1-4H3. The van der Waals surface area contributed by atoms with E-state index in [2.05, 4.69) is 31.1 Å². The average Bonchev–Trinajstić information content (AvgIpc) is 2.39. The number of nitrogens with zero attached hydrogens (tertiary/aromatic N) is 1. The number of likely N-dealkylation sites (N-methyl/N-ethyl adjacent to an activating group) is 1. The number of nitrogens with one attached hydrogen (secondary N) is 1. The molecule has 3 unspecified atom stereocenters. The summed E-state index contributed by atoms with van der Waals surface area (Å²) in [6.07, 6.45) is 6.44. The van der Waals surface area contributed by atoms with E-state index in [4.69, 9.17) is 4.74 Å². The van der Waals surface area contributed by atoms with Crippen LogP contribution in [0.4, 0.5) is 0 Å². The molecule has 3 atom stereocenters. The lowest BCUT2D eigenvalue weighted by Crippen LogP contribution is -2.52. The van der Waals surface area contributed by atoms with Gasteiger partial charge in [0.1, 0.15) is 0 Å². The van der Waals surface area contributed by atoms with Gasteiger partial charge in [0.2, 0.25) is 0 Å². The van der Waals surface area contributed by atoms with Crippen molar-refractivity contribution in [2.75, 3.05) is 33.9 Å². The zero-order valence-corrected chi connectivity index (χ0v) is 12.7. The van der Waals surface area contributed by atoms with Gasteiger partial charge >= 0.3 is 0 Å². The van der Waals surface area contributed by atoms with E-state index in [0.29, 0.717) is 12.1 Å². The first-order valence-corrected chi connectivity index (χ1v) is 7.67. The van der Waals surface area contributed by atoms with Crippen LogP contribution >= 0.6 is 0 Å². The van der Waals surface area contributed by atoms with Crippen LogP contribution in [0.5, 0.6) is 0 Å². The molecule has 1 rings (SSSR count). The lowest BCUT2D eigenvalue weighted by atomic mass is 9.93. The van der Waals surface area contributed by atoms with E-state index >= 15 is 0 Å². The van der Waals surface area contributed by atoms with E-state index in [0.717, 1.165) is 12.5 Å². The van der Waals surface area contributed by atoms with Crippen LogP contribution in [-0.2, 0) is 4.74 Å². The highest BCUT2D eigenvalue weighted by atomic mass is 16.5. The minimum atomic E-state index is 0.640. The second-order valence-electron chi connectivity index (χ2n) is 5.62. The van der Waals surface area contributed by atoms with Gasteiger partial charge in [-0.1, -0.05) is 20.3 Å². The van der Waals surface area contributed by atoms with Crippen molar-refractivity contribution in [3.63, 3.8) is 0 Å². The van der Waals surface area contributed by atoms with E-state index in [9.17, 15) is 0 Å². The highest BCUT2D eigenvalue weighted by Crippen LogP contribution is 2.22. The van der Waals surface area contributed by atoms with Crippen LogP contribution in [0.25, 0.3) is 0 Å². The van der Waals surface area contributed by atoms with Gasteiger partial charge in [0.05, 0.1) is 6.61 Å². The molecule has 0 aliphatic carbocycles. The Labute approximate surface area is 113 Å². The Morgan fingerprint density at radius 3 is 2.72 bits per heavy atom. The summed E-state index contributed by atoms with van der Waals surface area (Å²) >= 11 is 0. The molecular weight excluding hydrogens is 224 g/mol. The Morgan fingerprint density at radius 1 is 1.39 bits per heavy atom. The van der Waals surface area contributed by atoms with Crippen LogP contribution in [0, 0.1) is 5.92 Å². The maximum atomic E-state index is 5.34. The summed E-state index contributed by atoms with van der Waals surface area (Å²) in [5, 5.41) is 3.53. The molecule has 0 bridgehead atoms. The van der Waals surface area contributed by atoms with Crippen LogP contribution in [-0.4, -0.2) is 50.8 Å². The summed E-state index contributed by atoms with van der Waals surface area (Å²) in [6.45, 7) is 8.01. The van der Waals surface area contributed by atoms with Gasteiger partial charge in [-0.2, -0.15) is 0 Å². The summed E-state index contributed by atoms with van der Waals surface area (Å²) in [4.78, 5) is 2.70. The van der Waals surface area contributed by atoms with Gasteiger partial charge in [-0.15, -0.1) is 0 Å². The summed E-state index contributed by atoms with van der Waals surface area (Å²) in [5.41, 5.74) is 0. The summed E-state index contributed by atoms with van der Waals surface area (Å²) in [5.74, 6) is 0.733. The number of methoxy groups -OCH3 is 1. The molecular formula is C15H32N2O. The number of hydrogen-bond donors (Lipinski definition) is 1. The molecule has 3 heteroatoms. The third kappa shape index (κ3) is 4.52. The first-order chi connectivity index (χ1) is 8.76. The SMILES string of the molecule is CCCC(NC)C(CC)N1CCCC(COC)C1. The normalized spacial score (nSPS) is 25.0. The van der Waals surface area contributed by atoms with E-state index in [1.807, 2.05) is 7.11 Å². The maximum Gasteiger partial charge on any atom is 0.0502 e. The smallest absolute Gasteiger partial charge is 0.0502 e. The molecule has 1 fully saturated rings. The molecule has 108 valence electrons. The van der Waals surface area contributed by atoms with Crippen molar-refractivity contribution in [1.29, 1.82) is 0 Å². The second kappa shape index (κ2) is 8.89. The molecule has 0 aromatic rings. The van der Waals surface area contributed by atoms with Crippen LogP contribution in [0.2, 0.25) is 0 Å². The molecule has 0 aromatic carbocycles. The fourth-order valence-electron chi connectivity index (χ4n) is 3.41. The number of ether oxygens (including phenoxy) is 1. The average molecular weight is 256 g/mol. The third-order valence-corrected chi connectivity index (χ3v) is 4.28. The van der Waals surface area contributed by atoms with E-state index in [1.165, 1.54) is 45.2 Å². The van der Waals surface area contributed by atoms with Gasteiger partial charge in [0.25, 0.3) is 0 Å². The Bertz CT molecular complexity index is 209. The fraction of sp³-hybridized carbons (Fsp3) is 1.00. The van der Waals surface area contributed by atoms with E-state index in [-0.39, 0.29) is 0 Å². The van der Waals surface area contributed by atoms with E-state index < -0.39 is 0 Å². The number of rotatable bonds is 8. The number of likely N-dealkylation sites (tertiary alicyclic amines) is 1. The maximum absolute atomic E-state index is 5.34. The zero-order valence-electron chi connectivity index (χ0n) is 12.7. The van der Waals surface area contributed by atoms with Crippen molar-refractivity contribution in [3.8, 4) is 0 Å². The van der Waals surface area contributed by atoms with Gasteiger partial charge in [0, 0.05) is 25.7 Å². The minimum Gasteiger partial charge on any atom is -0.384 e. The summed E-state index contributed by atoms with van der Waals surface area (Å²) < 4.78 is 5.34. The van der Waals surface area contributed by atoms with Gasteiger partial charge in [-0.25, -0.2) is 0 Å². The number of hydrogen-bond acceptors (Lipinski definition) is 3. The van der Waals surface area contributed by atoms with Gasteiger partial charge < -0.3 is 10.1 Å². The van der Waals surface area contributed by atoms with Gasteiger partial charge in [0.15, 0.2) is 0 Å². The Hall–Kier alpha value is -0.120. The lowest BCUT2D eigenvalue weighted by molar-refractivity contribution is 0.0544. The molecule has 0 aromatic heterocycles. The van der Waals surface area contributed by atoms with Crippen LogP contribution in [0.1, 0.15) is 46.0 Å². The summed E-state index contributed by atoms with van der Waals surface area (Å²) in [6, 6.07) is 1.33. The summed E-state index contributed by atoms with van der Waals surface area (Å²) in [7, 11) is 3.93. The van der Waals surface area contributed by atoms with Crippen LogP contribution < -0.4 is 5.32 Å². The van der Waals surface area contributed by atoms with Crippen molar-refractivity contribution in [2.45, 2.75) is 58.0 Å². The van der Waals surface area contributed by atoms with Crippen molar-refractivity contribution in [3.05, 3.63) is 0 Å². The predicted molar refractivity (Wildman–Crippen MR) is 78.0 cm³/mol. The Balaban J connectivity index is 2.56. The van der Waals surface area contributed by atoms with Crippen molar-refractivity contribution < 1.29 is 4.74 Å². The Morgan fingerprint density at radius 2 is 2.17 bits per heavy atom.